The lowest BCUT2D eigenvalue weighted by Gasteiger charge is -2.14. The normalized spacial score (nSPS) is 10.4. The van der Waals surface area contributed by atoms with Crippen LogP contribution >= 0.6 is 24.0 Å². The van der Waals surface area contributed by atoms with Gasteiger partial charge in [-0.3, -0.25) is 9.79 Å². The molecule has 1 amide bonds. The summed E-state index contributed by atoms with van der Waals surface area (Å²) < 4.78 is 5.65. The van der Waals surface area contributed by atoms with Gasteiger partial charge in [-0.1, -0.05) is 61.2 Å². The minimum absolute atomic E-state index is 0. The summed E-state index contributed by atoms with van der Waals surface area (Å²) in [5.41, 5.74) is 2.20. The minimum Gasteiger partial charge on any atom is -0.489 e. The number of amides is 1. The number of halogens is 1. The first kappa shape index (κ1) is 24.5. The van der Waals surface area contributed by atoms with Gasteiger partial charge in [0.25, 0.3) is 0 Å². The highest BCUT2D eigenvalue weighted by molar-refractivity contribution is 14.0. The lowest BCUT2D eigenvalue weighted by molar-refractivity contribution is -0.119. The van der Waals surface area contributed by atoms with E-state index in [1.165, 1.54) is 5.56 Å². The number of nitrogens with zero attached hydrogens (tertiary/aromatic N) is 1. The third-order valence-corrected chi connectivity index (χ3v) is 3.99. The van der Waals surface area contributed by atoms with Crippen molar-refractivity contribution in [3.8, 4) is 5.75 Å². The standard InChI is InChI=1S/C22H28N4O2.HI/c1-3-15-28-20-12-8-7-11-19(20)16-25-22(23-2)26-17-21(27)24-14-13-18-9-5-4-6-10-18;/h3-12H,1,13-17H2,2H3,(H,24,27)(H2,23,25,26);1H. The SMILES string of the molecule is C=CCOc1ccccc1CNC(=NC)NCC(=O)NCCc1ccccc1.I. The van der Waals surface area contributed by atoms with E-state index in [-0.39, 0.29) is 36.4 Å². The molecule has 3 N–H and O–H groups in total. The van der Waals surface area contributed by atoms with Gasteiger partial charge in [0.05, 0.1) is 6.54 Å². The Morgan fingerprint density at radius 3 is 2.52 bits per heavy atom. The average Bonchev–Trinajstić information content (AvgIpc) is 2.73. The second-order valence-corrected chi connectivity index (χ2v) is 6.07. The number of aliphatic imine (C=N–C) groups is 1. The summed E-state index contributed by atoms with van der Waals surface area (Å²) in [6, 6.07) is 17.8. The highest BCUT2D eigenvalue weighted by atomic mass is 127. The van der Waals surface area contributed by atoms with Crippen LogP contribution in [0.5, 0.6) is 5.75 Å². The van der Waals surface area contributed by atoms with Gasteiger partial charge in [-0.2, -0.15) is 0 Å². The van der Waals surface area contributed by atoms with Crippen LogP contribution in [0.1, 0.15) is 11.1 Å². The maximum Gasteiger partial charge on any atom is 0.239 e. The molecule has 0 saturated carbocycles. The molecule has 0 fully saturated rings. The minimum atomic E-state index is -0.0754. The van der Waals surface area contributed by atoms with E-state index in [0.717, 1.165) is 17.7 Å². The van der Waals surface area contributed by atoms with Gasteiger partial charge in [-0.05, 0) is 18.1 Å². The van der Waals surface area contributed by atoms with Crippen LogP contribution in [0.15, 0.2) is 72.2 Å². The molecule has 0 unspecified atom stereocenters. The smallest absolute Gasteiger partial charge is 0.239 e. The topological polar surface area (TPSA) is 74.8 Å². The van der Waals surface area contributed by atoms with Crippen LogP contribution in [-0.2, 0) is 17.8 Å². The molecule has 0 saturated heterocycles. The van der Waals surface area contributed by atoms with Gasteiger partial charge >= 0.3 is 0 Å². The Balaban J connectivity index is 0.00000420. The number of hydrogen-bond acceptors (Lipinski definition) is 3. The monoisotopic (exact) mass is 508 g/mol. The van der Waals surface area contributed by atoms with E-state index in [1.54, 1.807) is 13.1 Å². The predicted molar refractivity (Wildman–Crippen MR) is 129 cm³/mol. The van der Waals surface area contributed by atoms with Gasteiger partial charge in [-0.25, -0.2) is 0 Å². The van der Waals surface area contributed by atoms with E-state index < -0.39 is 0 Å². The molecule has 0 bridgehead atoms. The predicted octanol–water partition coefficient (Wildman–Crippen LogP) is 2.89. The molecule has 0 aliphatic heterocycles. The van der Waals surface area contributed by atoms with Crippen molar-refractivity contribution in [2.24, 2.45) is 4.99 Å². The molecular formula is C22H29IN4O2. The summed E-state index contributed by atoms with van der Waals surface area (Å²) in [4.78, 5) is 16.2. The first-order valence-electron chi connectivity index (χ1n) is 9.29. The number of ether oxygens (including phenoxy) is 1. The van der Waals surface area contributed by atoms with E-state index in [9.17, 15) is 4.79 Å². The van der Waals surface area contributed by atoms with E-state index in [0.29, 0.717) is 25.7 Å². The maximum absolute atomic E-state index is 12.0. The molecule has 0 spiro atoms. The van der Waals surface area contributed by atoms with Gasteiger partial charge in [0, 0.05) is 25.7 Å². The van der Waals surface area contributed by atoms with Crippen molar-refractivity contribution in [3.63, 3.8) is 0 Å². The molecule has 0 heterocycles. The number of rotatable bonds is 10. The fourth-order valence-corrected chi connectivity index (χ4v) is 2.56. The summed E-state index contributed by atoms with van der Waals surface area (Å²) in [6.07, 6.45) is 2.52. The summed E-state index contributed by atoms with van der Waals surface area (Å²) >= 11 is 0. The lowest BCUT2D eigenvalue weighted by Crippen LogP contribution is -2.43. The molecule has 2 rings (SSSR count). The fraction of sp³-hybridized carbons (Fsp3) is 0.273. The highest BCUT2D eigenvalue weighted by Crippen LogP contribution is 2.17. The van der Waals surface area contributed by atoms with Crippen molar-refractivity contribution < 1.29 is 9.53 Å². The van der Waals surface area contributed by atoms with Crippen molar-refractivity contribution in [2.45, 2.75) is 13.0 Å². The maximum atomic E-state index is 12.0. The molecule has 29 heavy (non-hydrogen) atoms. The van der Waals surface area contributed by atoms with Crippen LogP contribution in [0.4, 0.5) is 0 Å². The van der Waals surface area contributed by atoms with Crippen molar-refractivity contribution in [1.82, 2.24) is 16.0 Å². The number of carbonyl (C=O) groups excluding carboxylic acids is 1. The summed E-state index contributed by atoms with van der Waals surface area (Å²) in [6.45, 7) is 5.40. The molecule has 0 aliphatic carbocycles. The molecule has 2 aromatic carbocycles. The molecule has 2 aromatic rings. The van der Waals surface area contributed by atoms with Gasteiger partial charge in [0.2, 0.25) is 5.91 Å². The second kappa shape index (κ2) is 14.4. The Kier molecular flexibility index (Phi) is 12.2. The Morgan fingerprint density at radius 1 is 1.07 bits per heavy atom. The van der Waals surface area contributed by atoms with Crippen molar-refractivity contribution in [3.05, 3.63) is 78.4 Å². The van der Waals surface area contributed by atoms with Crippen LogP contribution in [-0.4, -0.2) is 38.6 Å². The zero-order valence-corrected chi connectivity index (χ0v) is 19.0. The van der Waals surface area contributed by atoms with E-state index in [1.807, 2.05) is 54.6 Å². The van der Waals surface area contributed by atoms with Crippen LogP contribution in [0, 0.1) is 0 Å². The number of guanidine groups is 1. The first-order valence-corrected chi connectivity index (χ1v) is 9.29. The quantitative estimate of drug-likeness (QED) is 0.200. The fourth-order valence-electron chi connectivity index (χ4n) is 2.56. The van der Waals surface area contributed by atoms with Crippen LogP contribution < -0.4 is 20.7 Å². The van der Waals surface area contributed by atoms with E-state index in [2.05, 4.69) is 27.5 Å². The molecule has 6 nitrogen and oxygen atoms in total. The zero-order valence-electron chi connectivity index (χ0n) is 16.7. The number of benzene rings is 2. The molecule has 0 aromatic heterocycles. The molecule has 0 radical (unpaired) electrons. The summed E-state index contributed by atoms with van der Waals surface area (Å²) in [7, 11) is 1.67. The Bertz CT molecular complexity index is 781. The molecular weight excluding hydrogens is 479 g/mol. The van der Waals surface area contributed by atoms with Crippen LogP contribution in [0.2, 0.25) is 0 Å². The van der Waals surface area contributed by atoms with Crippen molar-refractivity contribution in [2.75, 3.05) is 26.7 Å². The molecule has 0 atom stereocenters. The van der Waals surface area contributed by atoms with E-state index >= 15 is 0 Å². The van der Waals surface area contributed by atoms with Gasteiger partial charge in [0.15, 0.2) is 5.96 Å². The number of nitrogens with one attached hydrogen (secondary N) is 3. The van der Waals surface area contributed by atoms with Crippen molar-refractivity contribution >= 4 is 35.8 Å². The van der Waals surface area contributed by atoms with Crippen LogP contribution in [0.3, 0.4) is 0 Å². The van der Waals surface area contributed by atoms with E-state index in [4.69, 9.17) is 4.74 Å². The Hall–Kier alpha value is -2.55. The Morgan fingerprint density at radius 2 is 1.79 bits per heavy atom. The van der Waals surface area contributed by atoms with Gasteiger partial charge in [-0.15, -0.1) is 24.0 Å². The van der Waals surface area contributed by atoms with Gasteiger partial charge < -0.3 is 20.7 Å². The number of hydrogen-bond donors (Lipinski definition) is 3. The third-order valence-electron chi connectivity index (χ3n) is 3.99. The summed E-state index contributed by atoms with van der Waals surface area (Å²) in [5.74, 6) is 1.27. The first-order chi connectivity index (χ1) is 13.7. The second-order valence-electron chi connectivity index (χ2n) is 6.07. The Labute approximate surface area is 189 Å². The lowest BCUT2D eigenvalue weighted by atomic mass is 10.1. The highest BCUT2D eigenvalue weighted by Gasteiger charge is 2.06. The number of para-hydroxylation sites is 1. The summed E-state index contributed by atoms with van der Waals surface area (Å²) in [5, 5.41) is 9.12. The van der Waals surface area contributed by atoms with Crippen molar-refractivity contribution in [1.29, 1.82) is 0 Å². The zero-order chi connectivity index (χ0) is 20.0. The molecule has 156 valence electrons. The number of carbonyl (C=O) groups is 1. The largest absolute Gasteiger partial charge is 0.489 e. The average molecular weight is 508 g/mol. The third kappa shape index (κ3) is 9.47. The van der Waals surface area contributed by atoms with Gasteiger partial charge in [0.1, 0.15) is 12.4 Å². The molecule has 0 aliphatic rings. The van der Waals surface area contributed by atoms with Crippen LogP contribution in [0.25, 0.3) is 0 Å². The molecule has 7 heteroatoms.